The number of rotatable bonds is 8. The van der Waals surface area contributed by atoms with E-state index in [4.69, 9.17) is 9.47 Å². The molecule has 0 saturated heterocycles. The summed E-state index contributed by atoms with van der Waals surface area (Å²) in [5.74, 6) is -0.468. The third-order valence-electron chi connectivity index (χ3n) is 4.43. The van der Waals surface area contributed by atoms with Gasteiger partial charge in [-0.2, -0.15) is 0 Å². The van der Waals surface area contributed by atoms with Crippen LogP contribution in [0.1, 0.15) is 37.5 Å². The van der Waals surface area contributed by atoms with E-state index in [1.807, 2.05) is 61.5 Å². The van der Waals surface area contributed by atoms with Crippen LogP contribution in [0.4, 0.5) is 0 Å². The maximum Gasteiger partial charge on any atom is 0.326 e. The van der Waals surface area contributed by atoms with E-state index in [-0.39, 0.29) is 12.4 Å². The summed E-state index contributed by atoms with van der Waals surface area (Å²) < 4.78 is 11.1. The van der Waals surface area contributed by atoms with E-state index < -0.39 is 11.4 Å². The molecule has 0 radical (unpaired) electrons. The minimum atomic E-state index is -1.35. The highest BCUT2D eigenvalue weighted by atomic mass is 16.5. The third-order valence-corrected chi connectivity index (χ3v) is 4.43. The maximum absolute atomic E-state index is 12.6. The second-order valence-electron chi connectivity index (χ2n) is 6.92. The molecular formula is C23H26O4. The number of esters is 1. The van der Waals surface area contributed by atoms with Crippen molar-refractivity contribution < 1.29 is 19.1 Å². The van der Waals surface area contributed by atoms with Crippen LogP contribution in [0.5, 0.6) is 0 Å². The monoisotopic (exact) mass is 366 g/mol. The molecule has 142 valence electrons. The maximum atomic E-state index is 12.6. The Labute approximate surface area is 160 Å². The molecular weight excluding hydrogens is 340 g/mol. The van der Waals surface area contributed by atoms with Gasteiger partial charge in [0, 0.05) is 0 Å². The largest absolute Gasteiger partial charge is 0.431 e. The molecule has 1 atom stereocenters. The van der Waals surface area contributed by atoms with Gasteiger partial charge in [0.05, 0.1) is 13.2 Å². The van der Waals surface area contributed by atoms with Gasteiger partial charge in [-0.15, -0.1) is 0 Å². The number of allylic oxidation sites excluding steroid dienone is 1. The Morgan fingerprint density at radius 1 is 1.00 bits per heavy atom. The van der Waals surface area contributed by atoms with Crippen molar-refractivity contribution in [3.63, 3.8) is 0 Å². The molecule has 0 heterocycles. The Hall–Kier alpha value is -2.72. The smallest absolute Gasteiger partial charge is 0.326 e. The first-order valence-electron chi connectivity index (χ1n) is 8.91. The van der Waals surface area contributed by atoms with Crippen LogP contribution in [-0.4, -0.2) is 18.4 Å². The second kappa shape index (κ2) is 9.28. The van der Waals surface area contributed by atoms with Gasteiger partial charge in [-0.3, -0.25) is 9.59 Å². The zero-order valence-corrected chi connectivity index (χ0v) is 16.3. The molecule has 2 aromatic carbocycles. The molecule has 0 bridgehead atoms. The quantitative estimate of drug-likeness (QED) is 0.386. The fourth-order valence-corrected chi connectivity index (χ4v) is 2.43. The molecule has 0 amide bonds. The fraction of sp³-hybridized carbons (Fsp3) is 0.304. The summed E-state index contributed by atoms with van der Waals surface area (Å²) in [6.07, 6.45) is 1.76. The predicted molar refractivity (Wildman–Crippen MR) is 106 cm³/mol. The lowest BCUT2D eigenvalue weighted by atomic mass is 9.87. The minimum Gasteiger partial charge on any atom is -0.431 e. The Morgan fingerprint density at radius 2 is 1.63 bits per heavy atom. The van der Waals surface area contributed by atoms with E-state index in [1.54, 1.807) is 19.9 Å². The van der Waals surface area contributed by atoms with Crippen molar-refractivity contribution in [1.82, 2.24) is 0 Å². The van der Waals surface area contributed by atoms with Crippen molar-refractivity contribution in [2.24, 2.45) is 5.41 Å². The highest BCUT2D eigenvalue weighted by Gasteiger charge is 2.40. The van der Waals surface area contributed by atoms with Gasteiger partial charge < -0.3 is 9.47 Å². The molecule has 0 aromatic heterocycles. The highest BCUT2D eigenvalue weighted by molar-refractivity contribution is 6.02. The topological polar surface area (TPSA) is 52.6 Å². The summed E-state index contributed by atoms with van der Waals surface area (Å²) in [6.45, 7) is 6.94. The standard InChI is InChI=1S/C23H26O4/c1-17-10-12-21(13-11-17)15-26-16-23(4,19(3)24)22(25)27-18(2)14-20-8-6-5-7-9-20/h5-14H,15-16H2,1-4H3/b18-14-. The highest BCUT2D eigenvalue weighted by Crippen LogP contribution is 2.23. The van der Waals surface area contributed by atoms with Crippen LogP contribution in [0.25, 0.3) is 6.08 Å². The van der Waals surface area contributed by atoms with Crippen LogP contribution in [0.2, 0.25) is 0 Å². The minimum absolute atomic E-state index is 0.0341. The molecule has 0 N–H and O–H groups in total. The van der Waals surface area contributed by atoms with E-state index in [2.05, 4.69) is 0 Å². The molecule has 1 unspecified atom stereocenters. The molecule has 0 aliphatic carbocycles. The van der Waals surface area contributed by atoms with E-state index in [0.717, 1.165) is 16.7 Å². The number of benzene rings is 2. The molecule has 2 aromatic rings. The first-order valence-corrected chi connectivity index (χ1v) is 8.91. The normalized spacial score (nSPS) is 13.7. The number of carbonyl (C=O) groups is 2. The number of ether oxygens (including phenoxy) is 2. The van der Waals surface area contributed by atoms with Crippen LogP contribution in [0.15, 0.2) is 60.4 Å². The van der Waals surface area contributed by atoms with Crippen LogP contribution in [-0.2, 0) is 25.7 Å². The van der Waals surface area contributed by atoms with Crippen molar-refractivity contribution in [1.29, 1.82) is 0 Å². The molecule has 0 fully saturated rings. The van der Waals surface area contributed by atoms with E-state index >= 15 is 0 Å². The Morgan fingerprint density at radius 3 is 2.22 bits per heavy atom. The molecule has 0 aliphatic rings. The molecule has 4 nitrogen and oxygen atoms in total. The average Bonchev–Trinajstić information content (AvgIpc) is 2.63. The fourth-order valence-electron chi connectivity index (χ4n) is 2.43. The van der Waals surface area contributed by atoms with Crippen molar-refractivity contribution in [2.45, 2.75) is 34.3 Å². The summed E-state index contributed by atoms with van der Waals surface area (Å²) in [6, 6.07) is 17.5. The number of aryl methyl sites for hydroxylation is 1. The summed E-state index contributed by atoms with van der Waals surface area (Å²) in [5, 5.41) is 0. The van der Waals surface area contributed by atoms with Crippen LogP contribution < -0.4 is 0 Å². The molecule has 0 saturated carbocycles. The molecule has 4 heteroatoms. The van der Waals surface area contributed by atoms with Gasteiger partial charge in [0.25, 0.3) is 0 Å². The van der Waals surface area contributed by atoms with Crippen LogP contribution in [0.3, 0.4) is 0 Å². The summed E-state index contributed by atoms with van der Waals surface area (Å²) in [4.78, 5) is 24.8. The lowest BCUT2D eigenvalue weighted by molar-refractivity contribution is -0.159. The van der Waals surface area contributed by atoms with Gasteiger partial charge in [0.15, 0.2) is 0 Å². The summed E-state index contributed by atoms with van der Waals surface area (Å²) in [5.41, 5.74) is 1.72. The SMILES string of the molecule is CC(=O)C(C)(COCc1ccc(C)cc1)C(=O)O/C(C)=C\c1ccccc1. The molecule has 27 heavy (non-hydrogen) atoms. The van der Waals surface area contributed by atoms with Crippen LogP contribution in [0, 0.1) is 12.3 Å². The molecule has 0 spiro atoms. The van der Waals surface area contributed by atoms with Crippen molar-refractivity contribution in [2.75, 3.05) is 6.61 Å². The van der Waals surface area contributed by atoms with Crippen molar-refractivity contribution >= 4 is 17.8 Å². The van der Waals surface area contributed by atoms with E-state index in [1.165, 1.54) is 6.92 Å². The molecule has 2 rings (SSSR count). The van der Waals surface area contributed by atoms with Gasteiger partial charge in [0.2, 0.25) is 0 Å². The van der Waals surface area contributed by atoms with Gasteiger partial charge in [0.1, 0.15) is 17.0 Å². The Balaban J connectivity index is 2.00. The lowest BCUT2D eigenvalue weighted by Crippen LogP contribution is -2.40. The first kappa shape index (κ1) is 20.6. The average molecular weight is 366 g/mol. The van der Waals surface area contributed by atoms with Gasteiger partial charge in [-0.1, -0.05) is 60.2 Å². The summed E-state index contributed by atoms with van der Waals surface area (Å²) >= 11 is 0. The van der Waals surface area contributed by atoms with Crippen molar-refractivity contribution in [3.05, 3.63) is 77.0 Å². The van der Waals surface area contributed by atoms with Gasteiger partial charge in [-0.05, 0) is 44.9 Å². The zero-order chi connectivity index (χ0) is 19.9. The molecule has 0 aliphatic heterocycles. The number of hydrogen-bond donors (Lipinski definition) is 0. The summed E-state index contributed by atoms with van der Waals surface area (Å²) in [7, 11) is 0. The Kier molecular flexibility index (Phi) is 7.08. The third kappa shape index (κ3) is 5.90. The number of ketones is 1. The second-order valence-corrected chi connectivity index (χ2v) is 6.92. The predicted octanol–water partition coefficient (Wildman–Crippen LogP) is 4.71. The first-order chi connectivity index (χ1) is 12.8. The van der Waals surface area contributed by atoms with Gasteiger partial charge >= 0.3 is 5.97 Å². The van der Waals surface area contributed by atoms with Crippen LogP contribution >= 0.6 is 0 Å². The van der Waals surface area contributed by atoms with Gasteiger partial charge in [-0.25, -0.2) is 0 Å². The number of Topliss-reactive ketones (excluding diaryl/α,β-unsaturated/α-hetero) is 1. The number of carbonyl (C=O) groups excluding carboxylic acids is 2. The van der Waals surface area contributed by atoms with E-state index in [9.17, 15) is 9.59 Å². The van der Waals surface area contributed by atoms with E-state index in [0.29, 0.717) is 12.4 Å². The number of hydrogen-bond acceptors (Lipinski definition) is 4. The zero-order valence-electron chi connectivity index (χ0n) is 16.3. The Bertz CT molecular complexity index is 806. The lowest BCUT2D eigenvalue weighted by Gasteiger charge is -2.24. The van der Waals surface area contributed by atoms with Crippen molar-refractivity contribution in [3.8, 4) is 0 Å².